The zero-order chi connectivity index (χ0) is 14.3. The number of benzene rings is 1. The van der Waals surface area contributed by atoms with Gasteiger partial charge in [-0.05, 0) is 66.6 Å². The van der Waals surface area contributed by atoms with Gasteiger partial charge in [0.15, 0.2) is 0 Å². The Kier molecular flexibility index (Phi) is 6.79. The predicted molar refractivity (Wildman–Crippen MR) is 81.0 cm³/mol. The minimum Gasteiger partial charge on any atom is -0.480 e. The lowest BCUT2D eigenvalue weighted by atomic mass is 10.1. The molecule has 19 heavy (non-hydrogen) atoms. The van der Waals surface area contributed by atoms with Gasteiger partial charge >= 0.3 is 5.97 Å². The van der Waals surface area contributed by atoms with Crippen molar-refractivity contribution in [3.63, 3.8) is 0 Å². The second kappa shape index (κ2) is 8.11. The van der Waals surface area contributed by atoms with E-state index >= 15 is 0 Å². The van der Waals surface area contributed by atoms with Crippen LogP contribution in [0.15, 0.2) is 24.3 Å². The first-order chi connectivity index (χ1) is 9.04. The number of nitrogens with two attached hydrogens (primary N) is 1. The topological polar surface area (TPSA) is 92.4 Å². The normalized spacial score (nSPS) is 11.9. The molecule has 0 bridgehead atoms. The van der Waals surface area contributed by atoms with E-state index in [4.69, 9.17) is 10.8 Å². The lowest BCUT2D eigenvalue weighted by molar-refractivity contribution is -0.139. The zero-order valence-corrected chi connectivity index (χ0v) is 12.6. The van der Waals surface area contributed by atoms with E-state index < -0.39 is 12.0 Å². The quantitative estimate of drug-likeness (QED) is 0.498. The highest BCUT2D eigenvalue weighted by Gasteiger charge is 2.20. The SMILES string of the molecule is NCCCC[C@@H](NC(=O)c1cccc(I)c1)C(=O)O. The predicted octanol–water partition coefficient (Wildman–Crippen LogP) is 1.60. The highest BCUT2D eigenvalue weighted by atomic mass is 127. The fourth-order valence-corrected chi connectivity index (χ4v) is 2.16. The summed E-state index contributed by atoms with van der Waals surface area (Å²) in [6.45, 7) is 0.525. The molecule has 1 amide bonds. The number of nitrogens with one attached hydrogen (secondary N) is 1. The van der Waals surface area contributed by atoms with Gasteiger partial charge in [0.1, 0.15) is 6.04 Å². The summed E-state index contributed by atoms with van der Waals surface area (Å²) in [4.78, 5) is 23.0. The molecule has 0 fully saturated rings. The lowest BCUT2D eigenvalue weighted by Gasteiger charge is -2.14. The number of carbonyl (C=O) groups excluding carboxylic acids is 1. The molecule has 0 aliphatic heterocycles. The number of amides is 1. The maximum absolute atomic E-state index is 11.9. The molecule has 0 spiro atoms. The highest BCUT2D eigenvalue weighted by Crippen LogP contribution is 2.09. The number of carboxylic acids is 1. The molecular formula is C13H17IN2O3. The minimum absolute atomic E-state index is 0.362. The van der Waals surface area contributed by atoms with Crippen LogP contribution in [0.2, 0.25) is 0 Å². The van der Waals surface area contributed by atoms with Crippen LogP contribution in [-0.4, -0.2) is 29.6 Å². The van der Waals surface area contributed by atoms with Crippen molar-refractivity contribution in [3.8, 4) is 0 Å². The van der Waals surface area contributed by atoms with Crippen molar-refractivity contribution in [2.24, 2.45) is 5.73 Å². The van der Waals surface area contributed by atoms with Gasteiger partial charge in [-0.3, -0.25) is 4.79 Å². The van der Waals surface area contributed by atoms with E-state index in [-0.39, 0.29) is 5.91 Å². The van der Waals surface area contributed by atoms with Crippen molar-refractivity contribution in [2.75, 3.05) is 6.54 Å². The minimum atomic E-state index is -1.02. The molecule has 1 aromatic rings. The van der Waals surface area contributed by atoms with Crippen LogP contribution < -0.4 is 11.1 Å². The third kappa shape index (κ3) is 5.56. The van der Waals surface area contributed by atoms with Gasteiger partial charge in [0.05, 0.1) is 0 Å². The molecule has 0 unspecified atom stereocenters. The average molecular weight is 376 g/mol. The molecule has 0 aromatic heterocycles. The van der Waals surface area contributed by atoms with E-state index in [1.807, 2.05) is 6.07 Å². The van der Waals surface area contributed by atoms with Crippen LogP contribution in [0, 0.1) is 3.57 Å². The monoisotopic (exact) mass is 376 g/mol. The van der Waals surface area contributed by atoms with E-state index in [9.17, 15) is 9.59 Å². The van der Waals surface area contributed by atoms with E-state index in [1.165, 1.54) is 0 Å². The first-order valence-corrected chi connectivity index (χ1v) is 7.11. The van der Waals surface area contributed by atoms with Crippen LogP contribution in [-0.2, 0) is 4.79 Å². The van der Waals surface area contributed by atoms with E-state index in [0.717, 1.165) is 9.99 Å². The van der Waals surface area contributed by atoms with E-state index in [1.54, 1.807) is 18.2 Å². The standard InChI is InChI=1S/C13H17IN2O3/c14-10-5-3-4-9(8-10)12(17)16-11(13(18)19)6-1-2-7-15/h3-5,8,11H,1-2,6-7,15H2,(H,16,17)(H,18,19)/t11-/m1/s1. The van der Waals surface area contributed by atoms with Gasteiger partial charge in [-0.15, -0.1) is 0 Å². The van der Waals surface area contributed by atoms with Crippen molar-refractivity contribution in [1.29, 1.82) is 0 Å². The maximum atomic E-state index is 11.9. The number of hydrogen-bond acceptors (Lipinski definition) is 3. The van der Waals surface area contributed by atoms with Crippen LogP contribution in [0.1, 0.15) is 29.6 Å². The van der Waals surface area contributed by atoms with Gasteiger partial charge in [-0.25, -0.2) is 4.79 Å². The molecule has 0 heterocycles. The number of halogens is 1. The Bertz CT molecular complexity index is 451. The summed E-state index contributed by atoms with van der Waals surface area (Å²) in [6.07, 6.45) is 1.82. The van der Waals surface area contributed by atoms with Crippen LogP contribution in [0.4, 0.5) is 0 Å². The molecule has 104 valence electrons. The summed E-state index contributed by atoms with van der Waals surface area (Å²) in [7, 11) is 0. The fraction of sp³-hybridized carbons (Fsp3) is 0.385. The van der Waals surface area contributed by atoms with Crippen LogP contribution >= 0.6 is 22.6 Å². The number of carboxylic acid groups (broad SMARTS) is 1. The molecule has 0 aliphatic rings. The van der Waals surface area contributed by atoms with Crippen LogP contribution in [0.3, 0.4) is 0 Å². The maximum Gasteiger partial charge on any atom is 0.326 e. The highest BCUT2D eigenvalue weighted by molar-refractivity contribution is 14.1. The smallest absolute Gasteiger partial charge is 0.326 e. The molecule has 4 N–H and O–H groups in total. The van der Waals surface area contributed by atoms with Crippen LogP contribution in [0.5, 0.6) is 0 Å². The Balaban J connectivity index is 2.63. The molecule has 0 saturated carbocycles. The van der Waals surface area contributed by atoms with Crippen molar-refractivity contribution >= 4 is 34.5 Å². The van der Waals surface area contributed by atoms with Gasteiger partial charge in [-0.2, -0.15) is 0 Å². The molecule has 1 aromatic carbocycles. The third-order valence-corrected chi connectivity index (χ3v) is 3.31. The van der Waals surface area contributed by atoms with Crippen molar-refractivity contribution in [3.05, 3.63) is 33.4 Å². The lowest BCUT2D eigenvalue weighted by Crippen LogP contribution is -2.40. The van der Waals surface area contributed by atoms with Crippen LogP contribution in [0.25, 0.3) is 0 Å². The first kappa shape index (κ1) is 15.9. The zero-order valence-electron chi connectivity index (χ0n) is 10.4. The summed E-state index contributed by atoms with van der Waals surface area (Å²) >= 11 is 2.10. The summed E-state index contributed by atoms with van der Waals surface area (Å²) in [5, 5.41) is 11.6. The van der Waals surface area contributed by atoms with Gasteiger partial charge in [0.2, 0.25) is 0 Å². The summed E-state index contributed by atoms with van der Waals surface area (Å²) < 4.78 is 0.931. The molecule has 0 saturated heterocycles. The second-order valence-electron chi connectivity index (χ2n) is 4.16. The Morgan fingerprint density at radius 2 is 2.11 bits per heavy atom. The van der Waals surface area contributed by atoms with Crippen molar-refractivity contribution < 1.29 is 14.7 Å². The third-order valence-electron chi connectivity index (χ3n) is 2.64. The van der Waals surface area contributed by atoms with Gasteiger partial charge in [0, 0.05) is 9.13 Å². The largest absolute Gasteiger partial charge is 0.480 e. The Morgan fingerprint density at radius 3 is 2.68 bits per heavy atom. The first-order valence-electron chi connectivity index (χ1n) is 6.04. The van der Waals surface area contributed by atoms with Gasteiger partial charge < -0.3 is 16.2 Å². The van der Waals surface area contributed by atoms with Gasteiger partial charge in [0.25, 0.3) is 5.91 Å². The molecule has 1 rings (SSSR count). The summed E-state index contributed by atoms with van der Waals surface area (Å²) in [6, 6.07) is 6.15. The molecule has 5 nitrogen and oxygen atoms in total. The molecular weight excluding hydrogens is 359 g/mol. The second-order valence-corrected chi connectivity index (χ2v) is 5.40. The van der Waals surface area contributed by atoms with Crippen molar-refractivity contribution in [1.82, 2.24) is 5.32 Å². The summed E-state index contributed by atoms with van der Waals surface area (Å²) in [5.74, 6) is -1.38. The van der Waals surface area contributed by atoms with Crippen molar-refractivity contribution in [2.45, 2.75) is 25.3 Å². The Morgan fingerprint density at radius 1 is 1.37 bits per heavy atom. The number of hydrogen-bond donors (Lipinski definition) is 3. The number of unbranched alkanes of at least 4 members (excludes halogenated alkanes) is 1. The Labute approximate surface area is 125 Å². The van der Waals surface area contributed by atoms with E-state index in [0.29, 0.717) is 24.9 Å². The summed E-state index contributed by atoms with van der Waals surface area (Å²) in [5.41, 5.74) is 5.83. The number of aliphatic carboxylic acids is 1. The molecule has 1 atom stereocenters. The fourth-order valence-electron chi connectivity index (χ4n) is 1.62. The molecule has 0 aliphatic carbocycles. The molecule has 0 radical (unpaired) electrons. The molecule has 6 heteroatoms. The number of carbonyl (C=O) groups is 2. The average Bonchev–Trinajstić information content (AvgIpc) is 2.37. The van der Waals surface area contributed by atoms with Gasteiger partial charge in [-0.1, -0.05) is 6.07 Å². The number of rotatable bonds is 7. The Hall–Kier alpha value is -1.15. The van der Waals surface area contributed by atoms with E-state index in [2.05, 4.69) is 27.9 Å².